The van der Waals surface area contributed by atoms with Crippen molar-refractivity contribution in [3.8, 4) is 5.75 Å². The van der Waals surface area contributed by atoms with Gasteiger partial charge in [0.1, 0.15) is 11.4 Å². The Balaban J connectivity index is 1.69. The van der Waals surface area contributed by atoms with E-state index in [1.807, 2.05) is 69.3 Å². The fraction of sp³-hybridized carbons (Fsp3) is 0.464. The van der Waals surface area contributed by atoms with Gasteiger partial charge in [-0.05, 0) is 57.0 Å². The Kier molecular flexibility index (Phi) is 7.36. The van der Waals surface area contributed by atoms with Gasteiger partial charge in [0.2, 0.25) is 5.90 Å². The van der Waals surface area contributed by atoms with Crippen LogP contribution in [0.5, 0.6) is 5.75 Å². The zero-order valence-corrected chi connectivity index (χ0v) is 21.3. The lowest BCUT2D eigenvalue weighted by molar-refractivity contribution is -0.155. The Morgan fingerprint density at radius 1 is 1.19 bits per heavy atom. The summed E-state index contributed by atoms with van der Waals surface area (Å²) >= 11 is 0. The number of fused-ring (bicyclic) bond motifs is 3. The fourth-order valence-corrected chi connectivity index (χ4v) is 4.61. The average Bonchev–Trinajstić information content (AvgIpc) is 3.19. The summed E-state index contributed by atoms with van der Waals surface area (Å²) < 4.78 is 17.6. The van der Waals surface area contributed by atoms with Crippen LogP contribution in [0, 0.1) is 0 Å². The number of nitrogens with zero attached hydrogens (tertiary/aromatic N) is 2. The lowest BCUT2D eigenvalue weighted by Crippen LogP contribution is -2.47. The zero-order chi connectivity index (χ0) is 25.9. The van der Waals surface area contributed by atoms with Crippen molar-refractivity contribution >= 4 is 17.8 Å². The maximum Gasteiger partial charge on any atom is 0.306 e. The summed E-state index contributed by atoms with van der Waals surface area (Å²) in [7, 11) is 1.75. The molecular weight excluding hydrogens is 460 g/mol. The minimum Gasteiger partial charge on any atom is -0.494 e. The maximum absolute atomic E-state index is 13.8. The molecule has 0 fully saturated rings. The molecule has 0 aliphatic carbocycles. The van der Waals surface area contributed by atoms with Gasteiger partial charge >= 0.3 is 5.97 Å². The van der Waals surface area contributed by atoms with E-state index in [0.29, 0.717) is 36.8 Å². The topological polar surface area (TPSA) is 97.7 Å². The van der Waals surface area contributed by atoms with Crippen LogP contribution in [0.15, 0.2) is 53.5 Å². The summed E-state index contributed by atoms with van der Waals surface area (Å²) in [6.45, 7) is 6.38. The summed E-state index contributed by atoms with van der Waals surface area (Å²) in [5.41, 5.74) is 0.682. The van der Waals surface area contributed by atoms with Crippen LogP contribution in [0.2, 0.25) is 0 Å². The molecule has 2 aromatic rings. The van der Waals surface area contributed by atoms with Gasteiger partial charge in [-0.15, -0.1) is 0 Å². The van der Waals surface area contributed by atoms with E-state index in [0.717, 1.165) is 11.1 Å². The number of aliphatic hydroxyl groups is 1. The number of likely N-dealkylation sites (N-methyl/N-ethyl adjacent to an activating group) is 1. The van der Waals surface area contributed by atoms with Gasteiger partial charge in [-0.2, -0.15) is 0 Å². The van der Waals surface area contributed by atoms with Crippen LogP contribution in [0.3, 0.4) is 0 Å². The summed E-state index contributed by atoms with van der Waals surface area (Å²) in [6, 6.07) is 15.1. The highest BCUT2D eigenvalue weighted by Crippen LogP contribution is 2.47. The van der Waals surface area contributed by atoms with Crippen molar-refractivity contribution < 1.29 is 28.9 Å². The SMILES string of the molecule is CN1Cc2ccccc2[C@H]2OC(c3ccc(OCCCO)cc3)=N[C@@]2(CCC(=O)OC(C)(C)C)C1=O. The minimum atomic E-state index is -1.29. The predicted octanol–water partition coefficient (Wildman–Crippen LogP) is 3.80. The smallest absolute Gasteiger partial charge is 0.306 e. The van der Waals surface area contributed by atoms with Crippen molar-refractivity contribution in [3.05, 3.63) is 65.2 Å². The Hall–Kier alpha value is -3.39. The molecule has 0 unspecified atom stereocenters. The Bertz CT molecular complexity index is 1140. The van der Waals surface area contributed by atoms with Crippen LogP contribution < -0.4 is 4.74 Å². The van der Waals surface area contributed by atoms with Gasteiger partial charge in [0.05, 0.1) is 6.61 Å². The van der Waals surface area contributed by atoms with Crippen molar-refractivity contribution in [1.82, 2.24) is 4.90 Å². The van der Waals surface area contributed by atoms with E-state index in [1.165, 1.54) is 0 Å². The number of aliphatic imine (C=N–C) groups is 1. The van der Waals surface area contributed by atoms with Crippen LogP contribution >= 0.6 is 0 Å². The second-order valence-corrected chi connectivity index (χ2v) is 10.2. The van der Waals surface area contributed by atoms with E-state index in [2.05, 4.69) is 0 Å². The average molecular weight is 495 g/mol. The molecule has 2 aliphatic heterocycles. The van der Waals surface area contributed by atoms with Gasteiger partial charge in [0, 0.05) is 44.2 Å². The van der Waals surface area contributed by atoms with Crippen LogP contribution in [0.1, 0.15) is 62.8 Å². The molecule has 0 radical (unpaired) electrons. The Labute approximate surface area is 211 Å². The van der Waals surface area contributed by atoms with E-state index in [-0.39, 0.29) is 31.3 Å². The third-order valence-electron chi connectivity index (χ3n) is 6.23. The summed E-state index contributed by atoms with van der Waals surface area (Å²) in [5, 5.41) is 8.95. The van der Waals surface area contributed by atoms with Gasteiger partial charge in [-0.25, -0.2) is 4.99 Å². The molecule has 0 aromatic heterocycles. The first-order valence-electron chi connectivity index (χ1n) is 12.3. The van der Waals surface area contributed by atoms with Crippen molar-refractivity contribution in [3.63, 3.8) is 0 Å². The second-order valence-electron chi connectivity index (χ2n) is 10.2. The number of hydrogen-bond donors (Lipinski definition) is 1. The molecule has 4 rings (SSSR count). The Morgan fingerprint density at radius 2 is 1.92 bits per heavy atom. The molecule has 2 aliphatic rings. The van der Waals surface area contributed by atoms with E-state index in [1.54, 1.807) is 11.9 Å². The molecule has 0 bridgehead atoms. The number of rotatable bonds is 8. The molecule has 0 saturated heterocycles. The Morgan fingerprint density at radius 3 is 2.61 bits per heavy atom. The number of carbonyl (C=O) groups excluding carboxylic acids is 2. The highest BCUT2D eigenvalue weighted by molar-refractivity contribution is 6.01. The summed E-state index contributed by atoms with van der Waals surface area (Å²) in [6.07, 6.45) is 0.0848. The van der Waals surface area contributed by atoms with Crippen molar-refractivity contribution in [2.45, 2.75) is 63.8 Å². The molecule has 2 heterocycles. The third kappa shape index (κ3) is 5.38. The molecule has 2 aromatic carbocycles. The largest absolute Gasteiger partial charge is 0.494 e. The van der Waals surface area contributed by atoms with E-state index >= 15 is 0 Å². The molecule has 0 spiro atoms. The minimum absolute atomic E-state index is 0.0350. The number of hydrogen-bond acceptors (Lipinski definition) is 7. The quantitative estimate of drug-likeness (QED) is 0.443. The van der Waals surface area contributed by atoms with Crippen molar-refractivity contribution in [2.75, 3.05) is 20.3 Å². The van der Waals surface area contributed by atoms with Crippen molar-refractivity contribution in [1.29, 1.82) is 0 Å². The van der Waals surface area contributed by atoms with Crippen molar-refractivity contribution in [2.24, 2.45) is 4.99 Å². The van der Waals surface area contributed by atoms with Gasteiger partial charge in [-0.1, -0.05) is 24.3 Å². The van der Waals surface area contributed by atoms with E-state index < -0.39 is 17.2 Å². The molecule has 192 valence electrons. The number of benzene rings is 2. The fourth-order valence-electron chi connectivity index (χ4n) is 4.61. The highest BCUT2D eigenvalue weighted by atomic mass is 16.6. The molecule has 1 amide bonds. The second kappa shape index (κ2) is 10.3. The molecule has 8 nitrogen and oxygen atoms in total. The first-order chi connectivity index (χ1) is 17.1. The predicted molar refractivity (Wildman–Crippen MR) is 135 cm³/mol. The van der Waals surface area contributed by atoms with Crippen LogP contribution in [0.4, 0.5) is 0 Å². The number of carbonyl (C=O) groups is 2. The van der Waals surface area contributed by atoms with Gasteiger partial charge in [0.15, 0.2) is 11.6 Å². The third-order valence-corrected chi connectivity index (χ3v) is 6.23. The highest BCUT2D eigenvalue weighted by Gasteiger charge is 2.56. The normalized spacial score (nSPS) is 21.1. The van der Waals surface area contributed by atoms with E-state index in [4.69, 9.17) is 24.3 Å². The number of aliphatic hydroxyl groups excluding tert-OH is 1. The van der Waals surface area contributed by atoms with Gasteiger partial charge < -0.3 is 24.2 Å². The number of amides is 1. The van der Waals surface area contributed by atoms with Crippen LogP contribution in [0.25, 0.3) is 0 Å². The lowest BCUT2D eigenvalue weighted by atomic mass is 9.83. The van der Waals surface area contributed by atoms with Crippen LogP contribution in [-0.4, -0.2) is 59.2 Å². The lowest BCUT2D eigenvalue weighted by Gasteiger charge is -2.31. The van der Waals surface area contributed by atoms with Gasteiger partial charge in [0.25, 0.3) is 5.91 Å². The van der Waals surface area contributed by atoms with Crippen LogP contribution in [-0.2, 0) is 25.6 Å². The number of ether oxygens (including phenoxy) is 3. The monoisotopic (exact) mass is 494 g/mol. The summed E-state index contributed by atoms with van der Waals surface area (Å²) in [5.74, 6) is 0.452. The molecule has 0 saturated carbocycles. The molecule has 36 heavy (non-hydrogen) atoms. The first-order valence-corrected chi connectivity index (χ1v) is 12.3. The molecule has 2 atom stereocenters. The summed E-state index contributed by atoms with van der Waals surface area (Å²) in [4.78, 5) is 33.0. The van der Waals surface area contributed by atoms with Gasteiger partial charge in [-0.3, -0.25) is 9.59 Å². The molecule has 1 N–H and O–H groups in total. The standard InChI is InChI=1S/C28H34N2O6/c1-27(2,3)36-23(32)14-15-28-24(22-9-6-5-8-20(22)18-30(4)26(28)33)35-25(29-28)19-10-12-21(13-11-19)34-17-7-16-31/h5-6,8-13,24,31H,7,14-18H2,1-4H3/t24-,28-/m1/s1. The maximum atomic E-state index is 13.8. The number of esters is 1. The van der Waals surface area contributed by atoms with E-state index in [9.17, 15) is 9.59 Å². The molecular formula is C28H34N2O6. The molecule has 8 heteroatoms. The first kappa shape index (κ1) is 25.7. The zero-order valence-electron chi connectivity index (χ0n) is 21.3.